The van der Waals surface area contributed by atoms with E-state index in [0.717, 1.165) is 25.2 Å². The third-order valence-corrected chi connectivity index (χ3v) is 4.67. The molecular formula is C17H20Cl2N6O2. The van der Waals surface area contributed by atoms with Crippen molar-refractivity contribution in [3.05, 3.63) is 46.9 Å². The predicted octanol–water partition coefficient (Wildman–Crippen LogP) is 2.56. The van der Waals surface area contributed by atoms with Crippen LogP contribution in [0, 0.1) is 0 Å². The molecule has 1 aliphatic heterocycles. The Kier molecular flexibility index (Phi) is 6.43. The van der Waals surface area contributed by atoms with Gasteiger partial charge < -0.3 is 14.4 Å². The number of nitrogens with one attached hydrogen (secondary N) is 1. The monoisotopic (exact) mass is 410 g/mol. The zero-order valence-electron chi connectivity index (χ0n) is 14.8. The summed E-state index contributed by atoms with van der Waals surface area (Å²) < 4.78 is 10.7. The molecule has 1 aliphatic rings. The van der Waals surface area contributed by atoms with Crippen molar-refractivity contribution in [1.29, 1.82) is 0 Å². The van der Waals surface area contributed by atoms with Gasteiger partial charge in [0, 0.05) is 43.1 Å². The topological polar surface area (TPSA) is 93.1 Å². The van der Waals surface area contributed by atoms with Gasteiger partial charge in [-0.15, -0.1) is 12.4 Å². The van der Waals surface area contributed by atoms with Crippen LogP contribution in [-0.2, 0) is 12.8 Å². The molecule has 3 aromatic rings. The second kappa shape index (κ2) is 8.79. The zero-order valence-corrected chi connectivity index (χ0v) is 16.3. The molecule has 1 aromatic carbocycles. The highest BCUT2D eigenvalue weighted by atomic mass is 35.5. The molecule has 1 saturated heterocycles. The van der Waals surface area contributed by atoms with Gasteiger partial charge in [0.1, 0.15) is 0 Å². The van der Waals surface area contributed by atoms with Crippen LogP contribution in [-0.4, -0.2) is 51.9 Å². The second-order valence-corrected chi connectivity index (χ2v) is 6.70. The van der Waals surface area contributed by atoms with E-state index in [1.54, 1.807) is 12.1 Å². The van der Waals surface area contributed by atoms with Crippen LogP contribution in [0.2, 0.25) is 5.02 Å². The fourth-order valence-corrected chi connectivity index (χ4v) is 3.01. The molecule has 0 saturated carbocycles. The Hall–Kier alpha value is -2.00. The number of nitrogens with zero attached hydrogens (tertiary/aromatic N) is 5. The molecule has 0 aliphatic carbocycles. The molecule has 0 bridgehead atoms. The summed E-state index contributed by atoms with van der Waals surface area (Å²) in [6.07, 6.45) is 1.10. The van der Waals surface area contributed by atoms with E-state index >= 15 is 0 Å². The van der Waals surface area contributed by atoms with E-state index in [2.05, 4.69) is 37.5 Å². The number of likely N-dealkylation sites (N-methyl/N-ethyl adjacent to an activating group) is 1. The first-order chi connectivity index (χ1) is 12.7. The molecular weight excluding hydrogens is 391 g/mol. The van der Waals surface area contributed by atoms with Gasteiger partial charge in [-0.25, -0.2) is 0 Å². The summed E-state index contributed by atoms with van der Waals surface area (Å²) in [4.78, 5) is 11.1. The Morgan fingerprint density at radius 1 is 1.11 bits per heavy atom. The molecule has 144 valence electrons. The van der Waals surface area contributed by atoms with Crippen molar-refractivity contribution in [1.82, 2.24) is 30.5 Å². The fourth-order valence-electron chi connectivity index (χ4n) is 2.89. The van der Waals surface area contributed by atoms with Crippen molar-refractivity contribution in [2.75, 3.05) is 26.7 Å². The molecule has 2 aromatic heterocycles. The summed E-state index contributed by atoms with van der Waals surface area (Å²) in [6.45, 7) is 2.76. The van der Waals surface area contributed by atoms with E-state index in [9.17, 15) is 0 Å². The van der Waals surface area contributed by atoms with Crippen LogP contribution in [0.1, 0.15) is 23.6 Å². The van der Waals surface area contributed by atoms with E-state index in [0.29, 0.717) is 41.3 Å². The van der Waals surface area contributed by atoms with Crippen molar-refractivity contribution in [3.8, 4) is 11.4 Å². The second-order valence-electron chi connectivity index (χ2n) is 6.27. The molecule has 0 radical (unpaired) electrons. The van der Waals surface area contributed by atoms with Crippen molar-refractivity contribution >= 4 is 24.0 Å². The third kappa shape index (κ3) is 4.65. The van der Waals surface area contributed by atoms with Crippen molar-refractivity contribution < 1.29 is 9.05 Å². The molecule has 1 atom stereocenters. The van der Waals surface area contributed by atoms with Crippen LogP contribution in [0.4, 0.5) is 0 Å². The molecule has 0 amide bonds. The molecule has 1 unspecified atom stereocenters. The lowest BCUT2D eigenvalue weighted by atomic mass is 10.2. The summed E-state index contributed by atoms with van der Waals surface area (Å²) in [5.74, 6) is 2.36. The van der Waals surface area contributed by atoms with Crippen LogP contribution in [0.15, 0.2) is 33.3 Å². The summed E-state index contributed by atoms with van der Waals surface area (Å²) in [7, 11) is 2.07. The van der Waals surface area contributed by atoms with Crippen molar-refractivity contribution in [3.63, 3.8) is 0 Å². The Bertz CT molecular complexity index is 866. The molecule has 3 heterocycles. The Balaban J connectivity index is 0.00000210. The first-order valence-corrected chi connectivity index (χ1v) is 8.89. The number of piperazine rings is 1. The highest BCUT2D eigenvalue weighted by molar-refractivity contribution is 6.30. The van der Waals surface area contributed by atoms with Gasteiger partial charge in [0.25, 0.3) is 0 Å². The largest absolute Gasteiger partial charge is 0.339 e. The van der Waals surface area contributed by atoms with Gasteiger partial charge in [0.15, 0.2) is 5.82 Å². The standard InChI is InChI=1S/C17H19ClN6O2.ClH/c1-24-9-8-19-10-13(24)17-21-15(26-23-17)7-6-14-20-16(22-25-14)11-2-4-12(18)5-3-11;/h2-5,13,19H,6-10H2,1H3;1H. The zero-order chi connectivity index (χ0) is 17.9. The highest BCUT2D eigenvalue weighted by Gasteiger charge is 2.25. The molecule has 27 heavy (non-hydrogen) atoms. The first-order valence-electron chi connectivity index (χ1n) is 8.51. The number of benzene rings is 1. The van der Waals surface area contributed by atoms with Crippen LogP contribution in [0.3, 0.4) is 0 Å². The maximum absolute atomic E-state index is 5.89. The summed E-state index contributed by atoms with van der Waals surface area (Å²) in [5.41, 5.74) is 0.859. The number of rotatable bonds is 5. The van der Waals surface area contributed by atoms with Crippen molar-refractivity contribution in [2.45, 2.75) is 18.9 Å². The first kappa shape index (κ1) is 19.8. The average molecular weight is 411 g/mol. The molecule has 8 nitrogen and oxygen atoms in total. The van der Waals surface area contributed by atoms with Gasteiger partial charge in [-0.1, -0.05) is 21.9 Å². The number of hydrogen-bond donors (Lipinski definition) is 1. The third-order valence-electron chi connectivity index (χ3n) is 4.42. The van der Waals surface area contributed by atoms with Crippen LogP contribution >= 0.6 is 24.0 Å². The minimum absolute atomic E-state index is 0. The van der Waals surface area contributed by atoms with Gasteiger partial charge in [-0.05, 0) is 31.3 Å². The van der Waals surface area contributed by atoms with Crippen LogP contribution in [0.25, 0.3) is 11.4 Å². The lowest BCUT2D eigenvalue weighted by Gasteiger charge is -2.30. The lowest BCUT2D eigenvalue weighted by molar-refractivity contribution is 0.190. The predicted molar refractivity (Wildman–Crippen MR) is 102 cm³/mol. The molecule has 1 N–H and O–H groups in total. The summed E-state index contributed by atoms with van der Waals surface area (Å²) in [5, 5.41) is 12.1. The molecule has 0 spiro atoms. The van der Waals surface area contributed by atoms with Gasteiger partial charge in [0.2, 0.25) is 17.6 Å². The quantitative estimate of drug-likeness (QED) is 0.685. The fraction of sp³-hybridized carbons (Fsp3) is 0.412. The minimum atomic E-state index is 0. The summed E-state index contributed by atoms with van der Waals surface area (Å²) in [6, 6.07) is 7.45. The van der Waals surface area contributed by atoms with Gasteiger partial charge >= 0.3 is 0 Å². The number of aryl methyl sites for hydroxylation is 2. The molecule has 1 fully saturated rings. The highest BCUT2D eigenvalue weighted by Crippen LogP contribution is 2.20. The van der Waals surface area contributed by atoms with E-state index in [-0.39, 0.29) is 18.4 Å². The Morgan fingerprint density at radius 2 is 1.81 bits per heavy atom. The van der Waals surface area contributed by atoms with E-state index in [1.807, 2.05) is 12.1 Å². The SMILES string of the molecule is CN1CCNCC1c1noc(CCc2nc(-c3ccc(Cl)cc3)no2)n1.Cl. The number of halogens is 2. The van der Waals surface area contributed by atoms with Gasteiger partial charge in [0.05, 0.1) is 6.04 Å². The lowest BCUT2D eigenvalue weighted by Crippen LogP contribution is -2.44. The molecule has 10 heteroatoms. The Morgan fingerprint density at radius 3 is 2.56 bits per heavy atom. The van der Waals surface area contributed by atoms with Crippen LogP contribution < -0.4 is 5.32 Å². The minimum Gasteiger partial charge on any atom is -0.339 e. The van der Waals surface area contributed by atoms with Gasteiger partial charge in [-0.3, -0.25) is 4.90 Å². The normalized spacial score (nSPS) is 17.6. The Labute approximate surface area is 167 Å². The summed E-state index contributed by atoms with van der Waals surface area (Å²) >= 11 is 5.89. The van der Waals surface area contributed by atoms with E-state index in [1.165, 1.54) is 0 Å². The van der Waals surface area contributed by atoms with Crippen LogP contribution in [0.5, 0.6) is 0 Å². The maximum Gasteiger partial charge on any atom is 0.227 e. The van der Waals surface area contributed by atoms with Gasteiger partial charge in [-0.2, -0.15) is 9.97 Å². The maximum atomic E-state index is 5.89. The number of hydrogen-bond acceptors (Lipinski definition) is 8. The molecule has 4 rings (SSSR count). The average Bonchev–Trinajstić information content (AvgIpc) is 3.30. The van der Waals surface area contributed by atoms with Crippen molar-refractivity contribution in [2.24, 2.45) is 0 Å². The van der Waals surface area contributed by atoms with E-state index in [4.69, 9.17) is 20.6 Å². The number of aromatic nitrogens is 4. The van der Waals surface area contributed by atoms with E-state index < -0.39 is 0 Å². The smallest absolute Gasteiger partial charge is 0.227 e.